The Morgan fingerprint density at radius 1 is 0.944 bits per heavy atom. The Morgan fingerprint density at radius 3 is 2.11 bits per heavy atom. The molecule has 94 valence electrons. The minimum absolute atomic E-state index is 0.321. The van der Waals surface area contributed by atoms with Crippen LogP contribution in [0.3, 0.4) is 0 Å². The van der Waals surface area contributed by atoms with Crippen LogP contribution in [0.2, 0.25) is 5.02 Å². The fourth-order valence-corrected chi connectivity index (χ4v) is 3.30. The predicted molar refractivity (Wildman–Crippen MR) is 82.6 cm³/mol. The van der Waals surface area contributed by atoms with Gasteiger partial charge in [-0.25, -0.2) is 0 Å². The summed E-state index contributed by atoms with van der Waals surface area (Å²) in [6, 6.07) is 18.7. The number of rotatable bonds is 4. The zero-order valence-electron chi connectivity index (χ0n) is 10.3. The monoisotopic (exact) mass is 322 g/mol. The molecule has 2 aromatic rings. The van der Waals surface area contributed by atoms with Crippen molar-refractivity contribution in [3.8, 4) is 0 Å². The van der Waals surface area contributed by atoms with Gasteiger partial charge in [0.2, 0.25) is 0 Å². The van der Waals surface area contributed by atoms with E-state index in [4.69, 9.17) is 11.6 Å². The Bertz CT molecular complexity index is 478. The quantitative estimate of drug-likeness (QED) is 0.608. The minimum atomic E-state index is 0.321. The molecule has 0 aliphatic carbocycles. The van der Waals surface area contributed by atoms with Crippen LogP contribution >= 0.6 is 27.5 Å². The van der Waals surface area contributed by atoms with E-state index in [2.05, 4.69) is 65.3 Å². The van der Waals surface area contributed by atoms with Gasteiger partial charge in [-0.15, -0.1) is 0 Å². The average molecular weight is 324 g/mol. The van der Waals surface area contributed by atoms with E-state index in [1.807, 2.05) is 12.1 Å². The zero-order chi connectivity index (χ0) is 13.0. The molecule has 0 amide bonds. The molecule has 2 rings (SSSR count). The highest BCUT2D eigenvalue weighted by atomic mass is 79.9. The maximum atomic E-state index is 5.93. The molecule has 0 fully saturated rings. The molecule has 0 saturated heterocycles. The molecule has 0 bridgehead atoms. The summed E-state index contributed by atoms with van der Waals surface area (Å²) < 4.78 is 0. The van der Waals surface area contributed by atoms with Crippen molar-refractivity contribution in [2.24, 2.45) is 0 Å². The first kappa shape index (κ1) is 13.6. The predicted octanol–water partition coefficient (Wildman–Crippen LogP) is 5.97. The Labute approximate surface area is 122 Å². The van der Waals surface area contributed by atoms with Crippen molar-refractivity contribution in [1.29, 1.82) is 0 Å². The number of hydrogen-bond donors (Lipinski definition) is 0. The van der Waals surface area contributed by atoms with Crippen molar-refractivity contribution < 1.29 is 0 Å². The molecular weight excluding hydrogens is 308 g/mol. The lowest BCUT2D eigenvalue weighted by atomic mass is 9.90. The van der Waals surface area contributed by atoms with Crippen molar-refractivity contribution in [3.05, 3.63) is 70.7 Å². The van der Waals surface area contributed by atoms with Gasteiger partial charge in [-0.05, 0) is 29.7 Å². The second kappa shape index (κ2) is 6.40. The van der Waals surface area contributed by atoms with E-state index in [0.29, 0.717) is 10.7 Å². The van der Waals surface area contributed by atoms with Crippen LogP contribution in [0, 0.1) is 0 Å². The van der Waals surface area contributed by atoms with Crippen LogP contribution in [0.25, 0.3) is 0 Å². The maximum absolute atomic E-state index is 5.93. The number of halogens is 2. The molecule has 0 saturated carbocycles. The Balaban J connectivity index is 2.25. The number of benzene rings is 2. The van der Waals surface area contributed by atoms with Gasteiger partial charge in [0.05, 0.1) is 0 Å². The number of alkyl halides is 1. The number of hydrogen-bond acceptors (Lipinski definition) is 0. The van der Waals surface area contributed by atoms with E-state index >= 15 is 0 Å². The lowest BCUT2D eigenvalue weighted by molar-refractivity contribution is 0.655. The fourth-order valence-electron chi connectivity index (χ4n) is 2.19. The molecular formula is C16H16BrCl. The second-order valence-electron chi connectivity index (χ2n) is 4.38. The summed E-state index contributed by atoms with van der Waals surface area (Å²) in [6.07, 6.45) is 1.10. The standard InChI is InChI=1S/C16H16BrCl/c1-2-15(12-6-4-3-5-7-12)16(17)13-8-10-14(18)11-9-13/h3-11,15-16H,2H2,1H3. The molecule has 2 heteroatoms. The van der Waals surface area contributed by atoms with Gasteiger partial charge in [0.25, 0.3) is 0 Å². The summed E-state index contributed by atoms with van der Waals surface area (Å²) in [4.78, 5) is 0.321. The molecule has 0 N–H and O–H groups in total. The summed E-state index contributed by atoms with van der Waals surface area (Å²) in [5.41, 5.74) is 2.65. The van der Waals surface area contributed by atoms with E-state index < -0.39 is 0 Å². The summed E-state index contributed by atoms with van der Waals surface area (Å²) >= 11 is 9.76. The van der Waals surface area contributed by atoms with Crippen LogP contribution in [-0.4, -0.2) is 0 Å². The third-order valence-corrected chi connectivity index (χ3v) is 4.63. The molecule has 0 aromatic heterocycles. The third-order valence-electron chi connectivity index (χ3n) is 3.21. The highest BCUT2D eigenvalue weighted by Crippen LogP contribution is 2.40. The van der Waals surface area contributed by atoms with Gasteiger partial charge >= 0.3 is 0 Å². The molecule has 2 aromatic carbocycles. The fraction of sp³-hybridized carbons (Fsp3) is 0.250. The van der Waals surface area contributed by atoms with E-state index in [1.165, 1.54) is 11.1 Å². The first-order chi connectivity index (χ1) is 8.72. The highest BCUT2D eigenvalue weighted by Gasteiger charge is 2.20. The van der Waals surface area contributed by atoms with Crippen molar-refractivity contribution in [3.63, 3.8) is 0 Å². The summed E-state index contributed by atoms with van der Waals surface area (Å²) in [6.45, 7) is 2.22. The first-order valence-electron chi connectivity index (χ1n) is 6.17. The van der Waals surface area contributed by atoms with Crippen molar-refractivity contribution in [1.82, 2.24) is 0 Å². The summed E-state index contributed by atoms with van der Waals surface area (Å²) in [5, 5.41) is 0.784. The maximum Gasteiger partial charge on any atom is 0.0463 e. The van der Waals surface area contributed by atoms with Crippen molar-refractivity contribution >= 4 is 27.5 Å². The molecule has 0 aliphatic rings. The Hall–Kier alpha value is -0.790. The van der Waals surface area contributed by atoms with E-state index in [0.717, 1.165) is 11.4 Å². The summed E-state index contributed by atoms with van der Waals surface area (Å²) in [5.74, 6) is 0.479. The van der Waals surface area contributed by atoms with Gasteiger partial charge in [0.1, 0.15) is 0 Å². The smallest absolute Gasteiger partial charge is 0.0463 e. The molecule has 0 spiro atoms. The van der Waals surface area contributed by atoms with E-state index in [-0.39, 0.29) is 0 Å². The zero-order valence-corrected chi connectivity index (χ0v) is 12.7. The van der Waals surface area contributed by atoms with Crippen molar-refractivity contribution in [2.45, 2.75) is 24.1 Å². The van der Waals surface area contributed by atoms with Crippen molar-refractivity contribution in [2.75, 3.05) is 0 Å². The SMILES string of the molecule is CCC(c1ccccc1)C(Br)c1ccc(Cl)cc1. The average Bonchev–Trinajstić information content (AvgIpc) is 2.41. The van der Waals surface area contributed by atoms with Crippen LogP contribution in [0.5, 0.6) is 0 Å². The first-order valence-corrected chi connectivity index (χ1v) is 7.46. The minimum Gasteiger partial charge on any atom is -0.0843 e. The van der Waals surface area contributed by atoms with Gasteiger partial charge in [-0.1, -0.05) is 76.9 Å². The molecule has 18 heavy (non-hydrogen) atoms. The molecule has 2 atom stereocenters. The molecule has 2 unspecified atom stereocenters. The van der Waals surface area contributed by atoms with E-state index in [9.17, 15) is 0 Å². The second-order valence-corrected chi connectivity index (χ2v) is 5.80. The molecule has 0 radical (unpaired) electrons. The third kappa shape index (κ3) is 3.15. The van der Waals surface area contributed by atoms with E-state index in [1.54, 1.807) is 0 Å². The summed E-state index contributed by atoms with van der Waals surface area (Å²) in [7, 11) is 0. The van der Waals surface area contributed by atoms with Crippen LogP contribution < -0.4 is 0 Å². The van der Waals surface area contributed by atoms with Crippen LogP contribution in [0.1, 0.15) is 35.2 Å². The largest absolute Gasteiger partial charge is 0.0843 e. The lowest BCUT2D eigenvalue weighted by Crippen LogP contribution is -2.05. The topological polar surface area (TPSA) is 0 Å². The molecule has 0 aliphatic heterocycles. The van der Waals surface area contributed by atoms with Gasteiger partial charge < -0.3 is 0 Å². The molecule has 0 nitrogen and oxygen atoms in total. The Kier molecular flexibility index (Phi) is 4.85. The van der Waals surface area contributed by atoms with Crippen LogP contribution in [-0.2, 0) is 0 Å². The van der Waals surface area contributed by atoms with Gasteiger partial charge in [0.15, 0.2) is 0 Å². The normalized spacial score (nSPS) is 14.2. The van der Waals surface area contributed by atoms with Gasteiger partial charge in [-0.3, -0.25) is 0 Å². The van der Waals surface area contributed by atoms with Crippen LogP contribution in [0.4, 0.5) is 0 Å². The van der Waals surface area contributed by atoms with Crippen LogP contribution in [0.15, 0.2) is 54.6 Å². The lowest BCUT2D eigenvalue weighted by Gasteiger charge is -2.22. The molecule has 0 heterocycles. The van der Waals surface area contributed by atoms with Gasteiger partial charge in [-0.2, -0.15) is 0 Å². The van der Waals surface area contributed by atoms with Gasteiger partial charge in [0, 0.05) is 15.8 Å². The Morgan fingerprint density at radius 2 is 1.56 bits per heavy atom. The highest BCUT2D eigenvalue weighted by molar-refractivity contribution is 9.09.